The fourth-order valence-corrected chi connectivity index (χ4v) is 4.10. The summed E-state index contributed by atoms with van der Waals surface area (Å²) < 4.78 is 27.1. The second-order valence-corrected chi connectivity index (χ2v) is 7.23. The topological polar surface area (TPSA) is 66.4 Å². The summed E-state index contributed by atoms with van der Waals surface area (Å²) in [5.41, 5.74) is 0.907. The van der Waals surface area contributed by atoms with E-state index in [1.165, 1.54) is 17.4 Å². The van der Waals surface area contributed by atoms with Crippen LogP contribution in [0.3, 0.4) is 0 Å². The third-order valence-corrected chi connectivity index (χ3v) is 5.81. The van der Waals surface area contributed by atoms with Gasteiger partial charge in [-0.3, -0.25) is 4.72 Å². The van der Waals surface area contributed by atoms with Crippen molar-refractivity contribution < 1.29 is 13.5 Å². The number of hydrogen-bond donors (Lipinski definition) is 2. The zero-order valence-corrected chi connectivity index (χ0v) is 12.3. The third-order valence-electron chi connectivity index (χ3n) is 2.74. The van der Waals surface area contributed by atoms with Crippen LogP contribution in [-0.2, 0) is 16.4 Å². The number of phenols is 1. The summed E-state index contributed by atoms with van der Waals surface area (Å²) in [5.74, 6) is -0.0733. The summed E-state index contributed by atoms with van der Waals surface area (Å²) in [6, 6.07) is 8.25. The van der Waals surface area contributed by atoms with Gasteiger partial charge in [0.2, 0.25) is 0 Å². The van der Waals surface area contributed by atoms with Gasteiger partial charge in [0.1, 0.15) is 9.96 Å². The molecular weight excluding hydrogens is 282 g/mol. The van der Waals surface area contributed by atoms with Crippen molar-refractivity contribution in [1.82, 2.24) is 0 Å². The van der Waals surface area contributed by atoms with E-state index >= 15 is 0 Å². The van der Waals surface area contributed by atoms with Gasteiger partial charge >= 0.3 is 0 Å². The number of hydrogen-bond acceptors (Lipinski definition) is 4. The monoisotopic (exact) mass is 297 g/mol. The molecule has 0 bridgehead atoms. The number of anilines is 1. The summed E-state index contributed by atoms with van der Waals surface area (Å²) in [5, 5.41) is 9.73. The Labute approximate surface area is 116 Å². The Kier molecular flexibility index (Phi) is 3.82. The Bertz CT molecular complexity index is 669. The van der Waals surface area contributed by atoms with Crippen LogP contribution in [0.25, 0.3) is 0 Å². The molecule has 1 heterocycles. The molecule has 0 saturated heterocycles. The number of phenolic OH excluding ortho intramolecular Hbond substituents is 1. The van der Waals surface area contributed by atoms with Crippen LogP contribution >= 0.6 is 11.3 Å². The lowest BCUT2D eigenvalue weighted by Gasteiger charge is -2.10. The second-order valence-electron chi connectivity index (χ2n) is 4.15. The molecule has 4 nitrogen and oxygen atoms in total. The van der Waals surface area contributed by atoms with Crippen molar-refractivity contribution in [3.8, 4) is 5.75 Å². The molecule has 0 aliphatic rings. The van der Waals surface area contributed by atoms with Crippen molar-refractivity contribution in [2.45, 2.75) is 24.5 Å². The van der Waals surface area contributed by atoms with Gasteiger partial charge < -0.3 is 5.11 Å². The van der Waals surface area contributed by atoms with Gasteiger partial charge in [-0.2, -0.15) is 0 Å². The molecule has 102 valence electrons. The fourth-order valence-electron chi connectivity index (χ4n) is 1.66. The standard InChI is InChI=1S/C13H15NO3S2/c1-3-10-7-8-12(18-10)19(16,17)14-13-9(2)5-4-6-11(13)15/h4-8,14-15H,3H2,1-2H3. The first-order chi connectivity index (χ1) is 8.94. The van der Waals surface area contributed by atoms with Crippen LogP contribution in [0.5, 0.6) is 5.75 Å². The van der Waals surface area contributed by atoms with E-state index in [2.05, 4.69) is 4.72 Å². The van der Waals surface area contributed by atoms with Gasteiger partial charge in [0.15, 0.2) is 0 Å². The molecule has 2 aromatic rings. The van der Waals surface area contributed by atoms with E-state index in [1.54, 1.807) is 31.2 Å². The van der Waals surface area contributed by atoms with E-state index in [0.717, 1.165) is 11.3 Å². The number of benzene rings is 1. The van der Waals surface area contributed by atoms with Crippen LogP contribution in [0.1, 0.15) is 17.4 Å². The largest absolute Gasteiger partial charge is 0.506 e. The molecule has 0 saturated carbocycles. The maximum atomic E-state index is 12.2. The molecular formula is C13H15NO3S2. The predicted octanol–water partition coefficient (Wildman–Crippen LogP) is 3.13. The van der Waals surface area contributed by atoms with E-state index in [4.69, 9.17) is 0 Å². The van der Waals surface area contributed by atoms with Crippen LogP contribution in [0, 0.1) is 6.92 Å². The van der Waals surface area contributed by atoms with Gasteiger partial charge in [-0.15, -0.1) is 11.3 Å². The van der Waals surface area contributed by atoms with Crippen LogP contribution in [-0.4, -0.2) is 13.5 Å². The fraction of sp³-hybridized carbons (Fsp3) is 0.231. The highest BCUT2D eigenvalue weighted by molar-refractivity contribution is 7.94. The van der Waals surface area contributed by atoms with Gasteiger partial charge in [-0.25, -0.2) is 8.42 Å². The van der Waals surface area contributed by atoms with Gasteiger partial charge in [-0.1, -0.05) is 19.1 Å². The molecule has 1 aromatic carbocycles. The molecule has 0 atom stereocenters. The van der Waals surface area contributed by atoms with Crippen molar-refractivity contribution in [1.29, 1.82) is 0 Å². The average Bonchev–Trinajstić information content (AvgIpc) is 2.83. The Balaban J connectivity index is 2.36. The summed E-state index contributed by atoms with van der Waals surface area (Å²) in [4.78, 5) is 1.01. The molecule has 1 aromatic heterocycles. The van der Waals surface area contributed by atoms with Crippen molar-refractivity contribution in [3.63, 3.8) is 0 Å². The maximum absolute atomic E-state index is 12.2. The summed E-state index contributed by atoms with van der Waals surface area (Å²) in [6.07, 6.45) is 0.801. The lowest BCUT2D eigenvalue weighted by molar-refractivity contribution is 0.477. The normalized spacial score (nSPS) is 11.5. The number of sulfonamides is 1. The number of para-hydroxylation sites is 1. The van der Waals surface area contributed by atoms with Crippen LogP contribution in [0.15, 0.2) is 34.5 Å². The Hall–Kier alpha value is -1.53. The molecule has 2 rings (SSSR count). The summed E-state index contributed by atoms with van der Waals surface area (Å²) >= 11 is 1.24. The van der Waals surface area contributed by atoms with E-state index in [9.17, 15) is 13.5 Å². The summed E-state index contributed by atoms with van der Waals surface area (Å²) in [7, 11) is -3.64. The molecule has 2 N–H and O–H groups in total. The van der Waals surface area contributed by atoms with E-state index in [1.807, 2.05) is 6.92 Å². The minimum Gasteiger partial charge on any atom is -0.506 e. The van der Waals surface area contributed by atoms with Crippen LogP contribution < -0.4 is 4.72 Å². The minimum absolute atomic E-state index is 0.0733. The molecule has 6 heteroatoms. The number of rotatable bonds is 4. The van der Waals surface area contributed by atoms with E-state index in [-0.39, 0.29) is 15.6 Å². The van der Waals surface area contributed by atoms with E-state index in [0.29, 0.717) is 5.56 Å². The molecule has 0 aliphatic carbocycles. The Morgan fingerprint density at radius 2 is 2.00 bits per heavy atom. The number of aryl methyl sites for hydroxylation is 2. The summed E-state index contributed by atoms with van der Waals surface area (Å²) in [6.45, 7) is 3.71. The first-order valence-electron chi connectivity index (χ1n) is 5.84. The highest BCUT2D eigenvalue weighted by atomic mass is 32.2. The number of aromatic hydroxyl groups is 1. The number of nitrogens with one attached hydrogen (secondary N) is 1. The minimum atomic E-state index is -3.64. The quantitative estimate of drug-likeness (QED) is 0.852. The lowest BCUT2D eigenvalue weighted by atomic mass is 10.2. The lowest BCUT2D eigenvalue weighted by Crippen LogP contribution is -2.12. The molecule has 0 unspecified atom stereocenters. The van der Waals surface area contributed by atoms with Gasteiger partial charge in [-0.05, 0) is 37.1 Å². The first kappa shape index (κ1) is 13.9. The SMILES string of the molecule is CCc1ccc(S(=O)(=O)Nc2c(C)cccc2O)s1. The van der Waals surface area contributed by atoms with Crippen molar-refractivity contribution in [3.05, 3.63) is 40.8 Å². The maximum Gasteiger partial charge on any atom is 0.271 e. The number of thiophene rings is 1. The van der Waals surface area contributed by atoms with Crippen LogP contribution in [0.4, 0.5) is 5.69 Å². The predicted molar refractivity (Wildman–Crippen MR) is 77.3 cm³/mol. The first-order valence-corrected chi connectivity index (χ1v) is 8.14. The van der Waals surface area contributed by atoms with Crippen molar-refractivity contribution >= 4 is 27.0 Å². The Morgan fingerprint density at radius 3 is 2.58 bits per heavy atom. The highest BCUT2D eigenvalue weighted by Crippen LogP contribution is 2.30. The van der Waals surface area contributed by atoms with Crippen molar-refractivity contribution in [2.75, 3.05) is 4.72 Å². The van der Waals surface area contributed by atoms with Gasteiger partial charge in [0, 0.05) is 4.88 Å². The van der Waals surface area contributed by atoms with Gasteiger partial charge in [0.05, 0.1) is 5.69 Å². The molecule has 0 fully saturated rings. The van der Waals surface area contributed by atoms with Crippen molar-refractivity contribution in [2.24, 2.45) is 0 Å². The molecule has 0 radical (unpaired) electrons. The smallest absolute Gasteiger partial charge is 0.271 e. The molecule has 0 amide bonds. The molecule has 19 heavy (non-hydrogen) atoms. The van der Waals surface area contributed by atoms with Crippen LogP contribution in [0.2, 0.25) is 0 Å². The highest BCUT2D eigenvalue weighted by Gasteiger charge is 2.19. The zero-order valence-electron chi connectivity index (χ0n) is 10.7. The van der Waals surface area contributed by atoms with Gasteiger partial charge in [0.25, 0.3) is 10.0 Å². The zero-order chi connectivity index (χ0) is 14.0. The van der Waals surface area contributed by atoms with E-state index < -0.39 is 10.0 Å². The molecule has 0 aliphatic heterocycles. The molecule has 0 spiro atoms. The third kappa shape index (κ3) is 2.90. The Morgan fingerprint density at radius 1 is 1.26 bits per heavy atom. The second kappa shape index (κ2) is 5.22. The average molecular weight is 297 g/mol.